The molecule has 3 rings (SSSR count). The van der Waals surface area contributed by atoms with E-state index < -0.39 is 6.17 Å². The number of nitrogens with zero attached hydrogens (tertiary/aromatic N) is 1. The third kappa shape index (κ3) is 3.35. The zero-order valence-corrected chi connectivity index (χ0v) is 13.5. The molecule has 0 fully saturated rings. The molecular weight excluding hydrogens is 302 g/mol. The zero-order chi connectivity index (χ0) is 16.9. The van der Waals surface area contributed by atoms with Gasteiger partial charge in [0.05, 0.1) is 11.4 Å². The first-order valence-corrected chi connectivity index (χ1v) is 8.02. The van der Waals surface area contributed by atoms with E-state index >= 15 is 0 Å². The van der Waals surface area contributed by atoms with Crippen molar-refractivity contribution in [1.29, 1.82) is 0 Å². The molecule has 2 aromatic rings. The smallest absolute Gasteiger partial charge is 0.269 e. The number of carbonyl (C=O) groups is 2. The highest BCUT2D eigenvalue weighted by atomic mass is 16.2. The van der Waals surface area contributed by atoms with E-state index in [0.29, 0.717) is 17.8 Å². The molecule has 0 aromatic heterocycles. The van der Waals surface area contributed by atoms with Gasteiger partial charge in [-0.05, 0) is 12.5 Å². The molecule has 122 valence electrons. The van der Waals surface area contributed by atoms with Gasteiger partial charge in [-0.2, -0.15) is 0 Å². The minimum absolute atomic E-state index is 0.181. The number of amides is 2. The third-order valence-electron chi connectivity index (χ3n) is 3.77. The van der Waals surface area contributed by atoms with Gasteiger partial charge < -0.3 is 10.6 Å². The van der Waals surface area contributed by atoms with Crippen LogP contribution in [0.5, 0.6) is 0 Å². The van der Waals surface area contributed by atoms with E-state index in [2.05, 4.69) is 15.6 Å². The van der Waals surface area contributed by atoms with Crippen LogP contribution in [0, 0.1) is 0 Å². The van der Waals surface area contributed by atoms with Gasteiger partial charge in [0.15, 0.2) is 0 Å². The molecule has 0 aliphatic carbocycles. The van der Waals surface area contributed by atoms with Gasteiger partial charge in [0.25, 0.3) is 5.91 Å². The highest BCUT2D eigenvalue weighted by Crippen LogP contribution is 2.23. The van der Waals surface area contributed by atoms with Crippen molar-refractivity contribution in [3.05, 3.63) is 65.7 Å². The number of rotatable bonds is 4. The van der Waals surface area contributed by atoms with Crippen molar-refractivity contribution in [2.45, 2.75) is 25.9 Å². The number of para-hydroxylation sites is 1. The number of benzodiazepines with no additional fused rings is 1. The van der Waals surface area contributed by atoms with E-state index in [1.165, 1.54) is 0 Å². The maximum absolute atomic E-state index is 12.5. The van der Waals surface area contributed by atoms with Crippen molar-refractivity contribution < 1.29 is 9.59 Å². The van der Waals surface area contributed by atoms with Crippen molar-refractivity contribution in [3.63, 3.8) is 0 Å². The highest BCUT2D eigenvalue weighted by Gasteiger charge is 2.26. The second-order valence-corrected chi connectivity index (χ2v) is 5.60. The largest absolute Gasteiger partial charge is 0.327 e. The van der Waals surface area contributed by atoms with Gasteiger partial charge in [-0.25, -0.2) is 4.99 Å². The molecule has 0 bridgehead atoms. The molecule has 2 N–H and O–H groups in total. The maximum Gasteiger partial charge on any atom is 0.269 e. The molecule has 1 aliphatic heterocycles. The second kappa shape index (κ2) is 7.08. The summed E-state index contributed by atoms with van der Waals surface area (Å²) >= 11 is 0. The fourth-order valence-corrected chi connectivity index (χ4v) is 2.63. The van der Waals surface area contributed by atoms with Gasteiger partial charge in [0.2, 0.25) is 12.1 Å². The van der Waals surface area contributed by atoms with Crippen molar-refractivity contribution >= 4 is 23.2 Å². The van der Waals surface area contributed by atoms with Gasteiger partial charge in [0, 0.05) is 17.5 Å². The average molecular weight is 321 g/mol. The van der Waals surface area contributed by atoms with Crippen LogP contribution < -0.4 is 10.6 Å². The van der Waals surface area contributed by atoms with Crippen molar-refractivity contribution in [3.8, 4) is 0 Å². The maximum atomic E-state index is 12.5. The van der Waals surface area contributed by atoms with Gasteiger partial charge in [-0.1, -0.05) is 55.5 Å². The van der Waals surface area contributed by atoms with Crippen molar-refractivity contribution in [2.24, 2.45) is 4.99 Å². The van der Waals surface area contributed by atoms with Crippen LogP contribution >= 0.6 is 0 Å². The van der Waals surface area contributed by atoms with Crippen LogP contribution in [0.3, 0.4) is 0 Å². The second-order valence-electron chi connectivity index (χ2n) is 5.60. The molecule has 2 amide bonds. The zero-order valence-electron chi connectivity index (χ0n) is 13.5. The lowest BCUT2D eigenvalue weighted by Gasteiger charge is -2.13. The van der Waals surface area contributed by atoms with Crippen LogP contribution in [0.2, 0.25) is 0 Å². The van der Waals surface area contributed by atoms with Crippen molar-refractivity contribution in [2.75, 3.05) is 5.32 Å². The molecule has 0 radical (unpaired) electrons. The predicted octanol–water partition coefficient (Wildman–Crippen LogP) is 2.72. The highest BCUT2D eigenvalue weighted by molar-refractivity contribution is 6.19. The number of hydrogen-bond donors (Lipinski definition) is 2. The first-order valence-electron chi connectivity index (χ1n) is 8.02. The lowest BCUT2D eigenvalue weighted by atomic mass is 10.0. The molecule has 5 heteroatoms. The Hall–Kier alpha value is -2.95. The quantitative estimate of drug-likeness (QED) is 0.909. The van der Waals surface area contributed by atoms with E-state index in [4.69, 9.17) is 0 Å². The molecule has 0 saturated carbocycles. The number of benzene rings is 2. The summed E-state index contributed by atoms with van der Waals surface area (Å²) in [5.74, 6) is -0.516. The van der Waals surface area contributed by atoms with Crippen molar-refractivity contribution in [1.82, 2.24) is 5.32 Å². The molecule has 0 spiro atoms. The van der Waals surface area contributed by atoms with Crippen LogP contribution in [-0.2, 0) is 9.59 Å². The Morgan fingerprint density at radius 3 is 2.58 bits per heavy atom. The summed E-state index contributed by atoms with van der Waals surface area (Å²) < 4.78 is 0. The fraction of sp³-hybridized carbons (Fsp3) is 0.211. The monoisotopic (exact) mass is 321 g/mol. The number of aliphatic imine (C=N–C) groups is 1. The first kappa shape index (κ1) is 15.9. The van der Waals surface area contributed by atoms with Crippen LogP contribution in [0.15, 0.2) is 59.6 Å². The molecule has 24 heavy (non-hydrogen) atoms. The molecule has 1 atom stereocenters. The van der Waals surface area contributed by atoms with E-state index in [9.17, 15) is 9.59 Å². The summed E-state index contributed by atoms with van der Waals surface area (Å²) in [4.78, 5) is 28.9. The number of anilines is 1. The van der Waals surface area contributed by atoms with Crippen LogP contribution in [-0.4, -0.2) is 23.7 Å². The summed E-state index contributed by atoms with van der Waals surface area (Å²) in [6.45, 7) is 1.92. The minimum Gasteiger partial charge on any atom is -0.327 e. The Bertz CT molecular complexity index is 784. The summed E-state index contributed by atoms with van der Waals surface area (Å²) in [6.07, 6.45) is 0.148. The average Bonchev–Trinajstić information content (AvgIpc) is 2.73. The van der Waals surface area contributed by atoms with Gasteiger partial charge in [-0.3, -0.25) is 9.59 Å². The summed E-state index contributed by atoms with van der Waals surface area (Å²) in [5.41, 5.74) is 3.11. The third-order valence-corrected chi connectivity index (χ3v) is 3.77. The lowest BCUT2D eigenvalue weighted by molar-refractivity contribution is -0.126. The first-order chi connectivity index (χ1) is 11.7. The van der Waals surface area contributed by atoms with Crippen LogP contribution in [0.25, 0.3) is 0 Å². The number of fused-ring (bicyclic) bond motifs is 1. The lowest BCUT2D eigenvalue weighted by Crippen LogP contribution is -2.42. The standard InChI is InChI=1S/C19H19N3O2/c1-2-8-16(23)21-18-19(24)20-15-12-7-6-11-14(15)17(22-18)13-9-4-3-5-10-13/h3-7,9-12,18H,2,8H2,1H3,(H,20,24)(H,21,23). The predicted molar refractivity (Wildman–Crippen MR) is 94.0 cm³/mol. The van der Waals surface area contributed by atoms with Crippen LogP contribution in [0.4, 0.5) is 5.69 Å². The normalized spacial score (nSPS) is 16.5. The molecule has 5 nitrogen and oxygen atoms in total. The van der Waals surface area contributed by atoms with Gasteiger partial charge >= 0.3 is 0 Å². The fourth-order valence-electron chi connectivity index (χ4n) is 2.63. The van der Waals surface area contributed by atoms with E-state index in [0.717, 1.165) is 17.5 Å². The Morgan fingerprint density at radius 1 is 1.12 bits per heavy atom. The molecule has 0 saturated heterocycles. The minimum atomic E-state index is -0.938. The van der Waals surface area contributed by atoms with Gasteiger partial charge in [0.1, 0.15) is 0 Å². The summed E-state index contributed by atoms with van der Waals surface area (Å²) in [7, 11) is 0. The Morgan fingerprint density at radius 2 is 1.83 bits per heavy atom. The Balaban J connectivity index is 2.05. The van der Waals surface area contributed by atoms with E-state index in [1.807, 2.05) is 61.5 Å². The summed E-state index contributed by atoms with van der Waals surface area (Å²) in [6, 6.07) is 17.2. The molecule has 2 aromatic carbocycles. The van der Waals surface area contributed by atoms with E-state index in [1.54, 1.807) is 0 Å². The molecule has 1 unspecified atom stereocenters. The molecule has 1 heterocycles. The number of hydrogen-bond acceptors (Lipinski definition) is 3. The number of nitrogens with one attached hydrogen (secondary N) is 2. The Labute approximate surface area is 140 Å². The summed E-state index contributed by atoms with van der Waals surface area (Å²) in [5, 5.41) is 5.56. The van der Waals surface area contributed by atoms with E-state index in [-0.39, 0.29) is 11.8 Å². The topological polar surface area (TPSA) is 70.6 Å². The number of carbonyl (C=O) groups excluding carboxylic acids is 2. The molecule has 1 aliphatic rings. The SMILES string of the molecule is CCCC(=O)NC1N=C(c2ccccc2)c2ccccc2NC1=O. The molecular formula is C19H19N3O2. The van der Waals surface area contributed by atoms with Crippen LogP contribution in [0.1, 0.15) is 30.9 Å². The van der Waals surface area contributed by atoms with Gasteiger partial charge in [-0.15, -0.1) is 0 Å². The Kier molecular flexibility index (Phi) is 4.70.